The van der Waals surface area contributed by atoms with E-state index in [0.29, 0.717) is 11.2 Å². The van der Waals surface area contributed by atoms with Crippen LogP contribution in [0.25, 0.3) is 11.2 Å². The first kappa shape index (κ1) is 18.7. The zero-order valence-corrected chi connectivity index (χ0v) is 16.4. The average Bonchev–Trinajstić information content (AvgIpc) is 3.07. The number of hydrogen-bond acceptors (Lipinski definition) is 10. The number of fused-ring (bicyclic) bond motifs is 2. The summed E-state index contributed by atoms with van der Waals surface area (Å²) in [6.45, 7) is 3.71. The van der Waals surface area contributed by atoms with Gasteiger partial charge in [-0.2, -0.15) is 8.42 Å². The van der Waals surface area contributed by atoms with Crippen LogP contribution in [0.2, 0.25) is 0 Å². The molecule has 0 spiro atoms. The average molecular weight is 417 g/mol. The predicted molar refractivity (Wildman–Crippen MR) is 95.7 cm³/mol. The molecule has 4 heterocycles. The van der Waals surface area contributed by atoms with Crippen LogP contribution in [0.1, 0.15) is 20.1 Å². The third kappa shape index (κ3) is 3.46. The van der Waals surface area contributed by atoms with Gasteiger partial charge in [-0.05, 0) is 13.8 Å². The zero-order chi connectivity index (χ0) is 19.6. The number of ether oxygens (including phenoxy) is 3. The van der Waals surface area contributed by atoms with Crippen LogP contribution in [-0.4, -0.2) is 64.9 Å². The molecule has 4 rings (SSSR count). The number of nitrogen functional groups attached to an aromatic ring is 1. The lowest BCUT2D eigenvalue weighted by molar-refractivity contribution is -0.299. The maximum Gasteiger partial charge on any atom is 0.264 e. The predicted octanol–water partition coefficient (Wildman–Crippen LogP) is 0.465. The van der Waals surface area contributed by atoms with Crippen LogP contribution in [0.4, 0.5) is 5.95 Å². The molecule has 0 radical (unpaired) electrons. The molecule has 0 aliphatic carbocycles. The molecule has 148 valence electrons. The summed E-state index contributed by atoms with van der Waals surface area (Å²) in [4.78, 5) is 11.1. The quantitative estimate of drug-likeness (QED) is 0.534. The lowest BCUT2D eigenvalue weighted by atomic mass is 10.1. The van der Waals surface area contributed by atoms with E-state index in [0.717, 1.165) is 6.26 Å². The van der Waals surface area contributed by atoms with Crippen molar-refractivity contribution in [3.05, 3.63) is 11.0 Å². The van der Waals surface area contributed by atoms with E-state index in [9.17, 15) is 8.42 Å². The van der Waals surface area contributed by atoms with E-state index in [-0.39, 0.29) is 17.2 Å². The molecule has 0 amide bonds. The summed E-state index contributed by atoms with van der Waals surface area (Å²) < 4.78 is 48.4. The standard InChI is InChI=1S/C14H19N5O6S2/c1-14(2)22-4-6-8(24-14)9(25-27(3,20)21)12(23-6)19-5-16-7-10(19)17-13(15)18-11(7)26/h5-6,8-9,12H,4H2,1-3H3,(H3,15,17,18,26)/t6-,8+,9+,12-/m1/s1. The molecule has 2 aromatic heterocycles. The fourth-order valence-corrected chi connectivity index (χ4v) is 4.16. The Morgan fingerprint density at radius 3 is 2.93 bits per heavy atom. The Bertz CT molecular complexity index is 1050. The van der Waals surface area contributed by atoms with Gasteiger partial charge in [0, 0.05) is 0 Å². The molecule has 2 fully saturated rings. The van der Waals surface area contributed by atoms with E-state index in [1.807, 2.05) is 0 Å². The second-order valence-electron chi connectivity index (χ2n) is 6.90. The highest BCUT2D eigenvalue weighted by molar-refractivity contribution is 7.86. The number of nitrogens with one attached hydrogen (secondary N) is 1. The summed E-state index contributed by atoms with van der Waals surface area (Å²) in [5, 5.41) is 0. The Morgan fingerprint density at radius 2 is 2.22 bits per heavy atom. The summed E-state index contributed by atoms with van der Waals surface area (Å²) in [7, 11) is -3.79. The van der Waals surface area contributed by atoms with E-state index in [4.69, 9.17) is 36.3 Å². The van der Waals surface area contributed by atoms with Crippen LogP contribution >= 0.6 is 12.2 Å². The molecule has 2 aromatic rings. The summed E-state index contributed by atoms with van der Waals surface area (Å²) >= 11 is 5.18. The van der Waals surface area contributed by atoms with Crippen LogP contribution in [0.15, 0.2) is 6.33 Å². The van der Waals surface area contributed by atoms with E-state index in [1.165, 1.54) is 6.33 Å². The van der Waals surface area contributed by atoms with Gasteiger partial charge in [-0.1, -0.05) is 12.2 Å². The van der Waals surface area contributed by atoms with Gasteiger partial charge in [-0.3, -0.25) is 8.75 Å². The fourth-order valence-electron chi connectivity index (χ4n) is 3.30. The largest absolute Gasteiger partial charge is 0.369 e. The van der Waals surface area contributed by atoms with Crippen LogP contribution < -0.4 is 5.73 Å². The topological polar surface area (TPSA) is 144 Å². The van der Waals surface area contributed by atoms with Crippen LogP contribution in [0.3, 0.4) is 0 Å². The smallest absolute Gasteiger partial charge is 0.264 e. The minimum Gasteiger partial charge on any atom is -0.369 e. The Balaban J connectivity index is 1.80. The summed E-state index contributed by atoms with van der Waals surface area (Å²) in [6, 6.07) is 0. The second-order valence-corrected chi connectivity index (χ2v) is 8.89. The minimum atomic E-state index is -3.79. The lowest BCUT2D eigenvalue weighted by Gasteiger charge is -2.38. The highest BCUT2D eigenvalue weighted by Gasteiger charge is 2.54. The normalized spacial score (nSPS) is 30.5. The molecular weight excluding hydrogens is 398 g/mol. The minimum absolute atomic E-state index is 0.103. The fraction of sp³-hybridized carbons (Fsp3) is 0.643. The van der Waals surface area contributed by atoms with Crippen molar-refractivity contribution in [2.45, 2.75) is 44.2 Å². The molecule has 0 bridgehead atoms. The Labute approximate surface area is 159 Å². The number of imidazole rings is 1. The van der Waals surface area contributed by atoms with Gasteiger partial charge >= 0.3 is 0 Å². The highest BCUT2D eigenvalue weighted by Crippen LogP contribution is 2.40. The van der Waals surface area contributed by atoms with E-state index < -0.39 is 40.4 Å². The van der Waals surface area contributed by atoms with Gasteiger partial charge in [0.15, 0.2) is 28.7 Å². The molecule has 0 unspecified atom stereocenters. The molecule has 0 aromatic carbocycles. The Morgan fingerprint density at radius 1 is 1.48 bits per heavy atom. The molecule has 3 N–H and O–H groups in total. The molecule has 0 saturated carbocycles. The van der Waals surface area contributed by atoms with Crippen molar-refractivity contribution in [3.63, 3.8) is 0 Å². The highest BCUT2D eigenvalue weighted by atomic mass is 32.2. The van der Waals surface area contributed by atoms with Gasteiger partial charge in [0.1, 0.15) is 23.4 Å². The van der Waals surface area contributed by atoms with Crippen LogP contribution in [0.5, 0.6) is 0 Å². The third-order valence-electron chi connectivity index (χ3n) is 4.33. The maximum atomic E-state index is 11.9. The Hall–Kier alpha value is -1.64. The first-order chi connectivity index (χ1) is 12.5. The molecule has 4 atom stereocenters. The third-order valence-corrected chi connectivity index (χ3v) is 5.18. The van der Waals surface area contributed by atoms with Crippen LogP contribution in [0, 0.1) is 4.64 Å². The van der Waals surface area contributed by atoms with Crippen molar-refractivity contribution < 1.29 is 26.8 Å². The van der Waals surface area contributed by atoms with Crippen molar-refractivity contribution in [2.75, 3.05) is 18.6 Å². The van der Waals surface area contributed by atoms with Gasteiger partial charge in [0.05, 0.1) is 19.2 Å². The number of nitrogens with zero attached hydrogens (tertiary/aromatic N) is 3. The van der Waals surface area contributed by atoms with Crippen molar-refractivity contribution >= 4 is 39.4 Å². The van der Waals surface area contributed by atoms with Gasteiger partial charge in [0.2, 0.25) is 0 Å². The van der Waals surface area contributed by atoms with Crippen molar-refractivity contribution in [3.8, 4) is 0 Å². The summed E-state index contributed by atoms with van der Waals surface area (Å²) in [5.74, 6) is -0.796. The molecule has 27 heavy (non-hydrogen) atoms. The molecule has 2 aliphatic heterocycles. The molecule has 13 heteroatoms. The summed E-state index contributed by atoms with van der Waals surface area (Å²) in [5.41, 5.74) is 6.61. The number of rotatable bonds is 3. The SMILES string of the molecule is CC1(C)OC[C@H]2O[C@@H](n3cnc4c(=S)nc(N)[nH]c43)[C@@H](OS(C)(=O)=O)[C@H]2O1. The second kappa shape index (κ2) is 6.18. The monoisotopic (exact) mass is 417 g/mol. The molecule has 11 nitrogen and oxygen atoms in total. The number of anilines is 1. The van der Waals surface area contributed by atoms with E-state index in [2.05, 4.69) is 15.0 Å². The number of H-pyrrole nitrogens is 1. The van der Waals surface area contributed by atoms with Crippen molar-refractivity contribution in [1.29, 1.82) is 0 Å². The number of hydrogen-bond donors (Lipinski definition) is 2. The van der Waals surface area contributed by atoms with Gasteiger partial charge in [0.25, 0.3) is 10.1 Å². The number of aromatic nitrogens is 4. The molecular formula is C14H19N5O6S2. The van der Waals surface area contributed by atoms with Gasteiger partial charge in [-0.25, -0.2) is 9.97 Å². The van der Waals surface area contributed by atoms with Gasteiger partial charge < -0.3 is 24.9 Å². The van der Waals surface area contributed by atoms with E-state index in [1.54, 1.807) is 18.4 Å². The van der Waals surface area contributed by atoms with Crippen molar-refractivity contribution in [2.24, 2.45) is 0 Å². The van der Waals surface area contributed by atoms with Crippen molar-refractivity contribution in [1.82, 2.24) is 19.5 Å². The zero-order valence-electron chi connectivity index (χ0n) is 14.8. The van der Waals surface area contributed by atoms with Gasteiger partial charge in [-0.15, -0.1) is 0 Å². The first-order valence-electron chi connectivity index (χ1n) is 8.12. The van der Waals surface area contributed by atoms with E-state index >= 15 is 0 Å². The number of nitrogens with two attached hydrogens (primary N) is 1. The summed E-state index contributed by atoms with van der Waals surface area (Å²) in [6.07, 6.45) is -0.553. The van der Waals surface area contributed by atoms with Crippen LogP contribution in [-0.2, 0) is 28.5 Å². The molecule has 2 aliphatic rings. The maximum absolute atomic E-state index is 11.9. The Kier molecular flexibility index (Phi) is 4.29. The first-order valence-corrected chi connectivity index (χ1v) is 10.3. The molecule has 2 saturated heterocycles. The lowest BCUT2D eigenvalue weighted by Crippen LogP contribution is -2.50. The number of aromatic amines is 1.